The fourth-order valence-electron chi connectivity index (χ4n) is 2.98. The van der Waals surface area contributed by atoms with Crippen molar-refractivity contribution in [3.05, 3.63) is 54.1 Å². The van der Waals surface area contributed by atoms with Gasteiger partial charge in [0.1, 0.15) is 5.75 Å². The second-order valence-electron chi connectivity index (χ2n) is 6.68. The van der Waals surface area contributed by atoms with Crippen LogP contribution in [0.3, 0.4) is 0 Å². The Morgan fingerprint density at radius 2 is 1.97 bits per heavy atom. The number of ether oxygens (including phenoxy) is 3. The monoisotopic (exact) mass is 415 g/mol. The van der Waals surface area contributed by atoms with E-state index in [1.165, 1.54) is 7.11 Å². The van der Waals surface area contributed by atoms with Crippen LogP contribution in [0.25, 0.3) is 0 Å². The number of rotatable bonds is 8. The third-order valence-corrected chi connectivity index (χ3v) is 5.78. The van der Waals surface area contributed by atoms with E-state index in [4.69, 9.17) is 14.2 Å². The molecule has 0 aliphatic carbocycles. The Morgan fingerprint density at radius 1 is 1.21 bits per heavy atom. The number of amides is 1. The Labute approximate surface area is 174 Å². The lowest BCUT2D eigenvalue weighted by atomic mass is 10.2. The number of para-hydroxylation sites is 2. The Hall–Kier alpha value is -2.51. The molecule has 1 amide bonds. The Kier molecular flexibility index (Phi) is 7.55. The van der Waals surface area contributed by atoms with Gasteiger partial charge in [0.15, 0.2) is 6.10 Å². The van der Waals surface area contributed by atoms with Crippen LogP contribution in [0.4, 0.5) is 5.69 Å². The molecule has 0 radical (unpaired) electrons. The number of carbonyl (C=O) groups is 2. The van der Waals surface area contributed by atoms with Gasteiger partial charge in [0.05, 0.1) is 24.5 Å². The molecular weight excluding hydrogens is 390 g/mol. The molecular formula is C22H25NO5S. The fourth-order valence-corrected chi connectivity index (χ4v) is 4.09. The average molecular weight is 416 g/mol. The van der Waals surface area contributed by atoms with Crippen LogP contribution in [-0.2, 0) is 14.3 Å². The third-order valence-electron chi connectivity index (χ3n) is 4.57. The molecule has 1 saturated heterocycles. The number of anilines is 1. The van der Waals surface area contributed by atoms with Gasteiger partial charge in [-0.05, 0) is 44.0 Å². The summed E-state index contributed by atoms with van der Waals surface area (Å²) in [5, 5.41) is 2.73. The second-order valence-corrected chi connectivity index (χ2v) is 7.74. The van der Waals surface area contributed by atoms with Gasteiger partial charge in [0.2, 0.25) is 0 Å². The maximum absolute atomic E-state index is 12.7. The molecule has 6 nitrogen and oxygen atoms in total. The van der Waals surface area contributed by atoms with Crippen molar-refractivity contribution in [2.45, 2.75) is 36.9 Å². The molecule has 2 aromatic rings. The minimum atomic E-state index is -0.955. The van der Waals surface area contributed by atoms with Gasteiger partial charge in [0.25, 0.3) is 5.91 Å². The molecule has 29 heavy (non-hydrogen) atoms. The Balaban J connectivity index is 1.61. The van der Waals surface area contributed by atoms with Gasteiger partial charge in [-0.2, -0.15) is 0 Å². The highest BCUT2D eigenvalue weighted by atomic mass is 32.2. The van der Waals surface area contributed by atoms with Gasteiger partial charge < -0.3 is 19.5 Å². The second kappa shape index (κ2) is 10.3. The largest absolute Gasteiger partial charge is 0.495 e. The van der Waals surface area contributed by atoms with Crippen LogP contribution in [0.1, 0.15) is 30.1 Å². The van der Waals surface area contributed by atoms with E-state index in [0.717, 1.165) is 30.1 Å². The first-order valence-electron chi connectivity index (χ1n) is 9.56. The fraction of sp³-hybridized carbons (Fsp3) is 0.364. The zero-order valence-electron chi connectivity index (χ0n) is 16.6. The van der Waals surface area contributed by atoms with E-state index in [2.05, 4.69) is 5.32 Å². The lowest BCUT2D eigenvalue weighted by Crippen LogP contribution is -2.30. The average Bonchev–Trinajstić information content (AvgIpc) is 3.26. The topological polar surface area (TPSA) is 73.9 Å². The summed E-state index contributed by atoms with van der Waals surface area (Å²) in [6.07, 6.45) is 1.38. The number of methoxy groups -OCH3 is 1. The molecule has 0 saturated carbocycles. The number of hydrogen-bond donors (Lipinski definition) is 1. The van der Waals surface area contributed by atoms with Crippen molar-refractivity contribution < 1.29 is 23.8 Å². The first-order valence-corrected chi connectivity index (χ1v) is 10.6. The van der Waals surface area contributed by atoms with Crippen molar-refractivity contribution in [1.29, 1.82) is 0 Å². The number of hydrogen-bond acceptors (Lipinski definition) is 6. The molecule has 1 aliphatic rings. The minimum Gasteiger partial charge on any atom is -0.495 e. The predicted molar refractivity (Wildman–Crippen MR) is 113 cm³/mol. The summed E-state index contributed by atoms with van der Waals surface area (Å²) in [5.74, 6) is 0.374. The number of benzene rings is 2. The maximum atomic E-state index is 12.7. The summed E-state index contributed by atoms with van der Waals surface area (Å²) in [5.41, 5.74) is 0.975. The third kappa shape index (κ3) is 5.74. The van der Waals surface area contributed by atoms with Gasteiger partial charge in [-0.15, -0.1) is 11.8 Å². The van der Waals surface area contributed by atoms with Gasteiger partial charge >= 0.3 is 5.97 Å². The summed E-state index contributed by atoms with van der Waals surface area (Å²) < 4.78 is 16.3. The van der Waals surface area contributed by atoms with Crippen LogP contribution in [0, 0.1) is 0 Å². The zero-order chi connectivity index (χ0) is 20.6. The predicted octanol–water partition coefficient (Wildman–Crippen LogP) is 4.15. The van der Waals surface area contributed by atoms with Gasteiger partial charge in [-0.3, -0.25) is 4.79 Å². The van der Waals surface area contributed by atoms with Gasteiger partial charge in [-0.1, -0.05) is 24.3 Å². The highest BCUT2D eigenvalue weighted by Gasteiger charge is 2.23. The van der Waals surface area contributed by atoms with Crippen LogP contribution in [0.5, 0.6) is 5.75 Å². The SMILES string of the molecule is COc1ccccc1NC(=O)[C@H](C)OC(=O)c1ccccc1SC[C@H]1CCCO1. The van der Waals surface area contributed by atoms with Crippen molar-refractivity contribution in [3.8, 4) is 5.75 Å². The van der Waals surface area contributed by atoms with Crippen molar-refractivity contribution in [1.82, 2.24) is 0 Å². The maximum Gasteiger partial charge on any atom is 0.340 e. The quantitative estimate of drug-likeness (QED) is 0.516. The van der Waals surface area contributed by atoms with E-state index in [-0.39, 0.29) is 6.10 Å². The Bertz CT molecular complexity index is 851. The number of carbonyl (C=O) groups excluding carboxylic acids is 2. The molecule has 0 bridgehead atoms. The molecule has 1 N–H and O–H groups in total. The standard InChI is InChI=1S/C22H25NO5S/c1-15(21(24)23-18-10-4-5-11-19(18)26-2)28-22(25)17-9-3-6-12-20(17)29-14-16-8-7-13-27-16/h3-6,9-12,15-16H,7-8,13-14H2,1-2H3,(H,23,24)/t15-,16+/m0/s1. The molecule has 7 heteroatoms. The number of esters is 1. The number of thioether (sulfide) groups is 1. The highest BCUT2D eigenvalue weighted by molar-refractivity contribution is 7.99. The summed E-state index contributed by atoms with van der Waals surface area (Å²) >= 11 is 1.57. The van der Waals surface area contributed by atoms with Crippen LogP contribution in [-0.4, -0.2) is 43.6 Å². The van der Waals surface area contributed by atoms with Crippen LogP contribution >= 0.6 is 11.8 Å². The van der Waals surface area contributed by atoms with Crippen molar-refractivity contribution in [2.75, 3.05) is 24.8 Å². The van der Waals surface area contributed by atoms with Crippen molar-refractivity contribution in [2.24, 2.45) is 0 Å². The molecule has 0 spiro atoms. The van der Waals surface area contributed by atoms with E-state index in [1.54, 1.807) is 49.0 Å². The minimum absolute atomic E-state index is 0.217. The molecule has 2 aromatic carbocycles. The highest BCUT2D eigenvalue weighted by Crippen LogP contribution is 2.28. The molecule has 154 valence electrons. The molecule has 3 rings (SSSR count). The summed E-state index contributed by atoms with van der Waals surface area (Å²) in [4.78, 5) is 26.0. The molecule has 2 atom stereocenters. The van der Waals surface area contributed by atoms with Crippen molar-refractivity contribution in [3.63, 3.8) is 0 Å². The number of nitrogens with one attached hydrogen (secondary N) is 1. The molecule has 0 aromatic heterocycles. The first kappa shape index (κ1) is 21.2. The van der Waals surface area contributed by atoms with E-state index < -0.39 is 18.0 Å². The normalized spacial score (nSPS) is 16.8. The van der Waals surface area contributed by atoms with Gasteiger partial charge in [-0.25, -0.2) is 4.79 Å². The summed E-state index contributed by atoms with van der Waals surface area (Å²) in [6, 6.07) is 14.3. The smallest absolute Gasteiger partial charge is 0.340 e. The summed E-state index contributed by atoms with van der Waals surface area (Å²) in [7, 11) is 1.53. The van der Waals surface area contributed by atoms with E-state index >= 15 is 0 Å². The lowest BCUT2D eigenvalue weighted by molar-refractivity contribution is -0.123. The van der Waals surface area contributed by atoms with Crippen LogP contribution in [0.15, 0.2) is 53.4 Å². The molecule has 1 heterocycles. The summed E-state index contributed by atoms with van der Waals surface area (Å²) in [6.45, 7) is 2.35. The molecule has 0 unspecified atom stereocenters. The first-order chi connectivity index (χ1) is 14.1. The van der Waals surface area contributed by atoms with E-state index in [1.807, 2.05) is 18.2 Å². The van der Waals surface area contributed by atoms with E-state index in [9.17, 15) is 9.59 Å². The molecule has 1 aliphatic heterocycles. The van der Waals surface area contributed by atoms with Crippen LogP contribution < -0.4 is 10.1 Å². The van der Waals surface area contributed by atoms with E-state index in [0.29, 0.717) is 17.0 Å². The lowest BCUT2D eigenvalue weighted by Gasteiger charge is -2.16. The van der Waals surface area contributed by atoms with Crippen LogP contribution in [0.2, 0.25) is 0 Å². The van der Waals surface area contributed by atoms with Crippen molar-refractivity contribution >= 4 is 29.3 Å². The molecule has 1 fully saturated rings. The van der Waals surface area contributed by atoms with Gasteiger partial charge in [0, 0.05) is 17.3 Å². The Morgan fingerprint density at radius 3 is 2.72 bits per heavy atom. The zero-order valence-corrected chi connectivity index (χ0v) is 17.4.